The zero-order chi connectivity index (χ0) is 26.7. The highest BCUT2D eigenvalue weighted by Crippen LogP contribution is 2.47. The number of alkyl halides is 6. The summed E-state index contributed by atoms with van der Waals surface area (Å²) in [7, 11) is 0. The van der Waals surface area contributed by atoms with Crippen molar-refractivity contribution in [1.29, 1.82) is 0 Å². The van der Waals surface area contributed by atoms with Crippen molar-refractivity contribution in [3.05, 3.63) is 83.7 Å². The van der Waals surface area contributed by atoms with Crippen molar-refractivity contribution in [2.24, 2.45) is 0 Å². The number of unbranched alkanes of at least 4 members (excludes halogenated alkanes) is 1. The second-order valence-electron chi connectivity index (χ2n) is 8.80. The van der Waals surface area contributed by atoms with Crippen LogP contribution in [0.2, 0.25) is 0 Å². The van der Waals surface area contributed by atoms with E-state index in [1.54, 1.807) is 11.8 Å². The smallest absolute Gasteiger partial charge is 0.358 e. The number of thioether (sulfide) groups is 1. The van der Waals surface area contributed by atoms with Gasteiger partial charge < -0.3 is 10.2 Å². The number of anilines is 1. The van der Waals surface area contributed by atoms with Gasteiger partial charge in [0.15, 0.2) is 5.92 Å². The first-order chi connectivity index (χ1) is 16.9. The molecule has 36 heavy (non-hydrogen) atoms. The molecule has 1 unspecified atom stereocenters. The summed E-state index contributed by atoms with van der Waals surface area (Å²) in [6.07, 6.45) is -7.88. The molecule has 2 nitrogen and oxygen atoms in total. The van der Waals surface area contributed by atoms with Gasteiger partial charge in [-0.25, -0.2) is 0 Å². The minimum absolute atomic E-state index is 0.264. The van der Waals surface area contributed by atoms with Crippen molar-refractivity contribution < 1.29 is 26.3 Å². The number of hydrogen-bond donors (Lipinski definition) is 1. The lowest BCUT2D eigenvalue weighted by Crippen LogP contribution is -2.34. The third-order valence-electron chi connectivity index (χ3n) is 6.18. The molecule has 3 rings (SSSR count). The Balaban J connectivity index is 1.83. The van der Waals surface area contributed by atoms with Crippen molar-refractivity contribution >= 4 is 17.4 Å². The summed E-state index contributed by atoms with van der Waals surface area (Å²) in [4.78, 5) is 3.31. The third kappa shape index (κ3) is 6.41. The van der Waals surface area contributed by atoms with E-state index < -0.39 is 23.8 Å². The van der Waals surface area contributed by atoms with Crippen LogP contribution < -0.4 is 5.32 Å². The fourth-order valence-electron chi connectivity index (χ4n) is 4.30. The molecule has 0 aromatic heterocycles. The molecule has 0 fully saturated rings. The van der Waals surface area contributed by atoms with Crippen molar-refractivity contribution in [2.45, 2.75) is 68.9 Å². The number of nitrogens with one attached hydrogen (secondary N) is 1. The number of halogens is 6. The maximum absolute atomic E-state index is 13.1. The van der Waals surface area contributed by atoms with Crippen LogP contribution >= 0.6 is 11.8 Å². The van der Waals surface area contributed by atoms with Crippen LogP contribution in [-0.4, -0.2) is 23.0 Å². The molecule has 2 aromatic carbocycles. The van der Waals surface area contributed by atoms with Gasteiger partial charge in [-0.15, -0.1) is 11.8 Å². The number of allylic oxidation sites excluding steroid dienone is 1. The zero-order valence-corrected chi connectivity index (χ0v) is 21.1. The number of hydrogen-bond acceptors (Lipinski definition) is 3. The molecule has 0 radical (unpaired) electrons. The van der Waals surface area contributed by atoms with E-state index in [9.17, 15) is 26.3 Å². The van der Waals surface area contributed by atoms with E-state index in [0.717, 1.165) is 54.0 Å². The van der Waals surface area contributed by atoms with Crippen LogP contribution in [0.15, 0.2) is 71.9 Å². The quantitative estimate of drug-likeness (QED) is 0.188. The monoisotopic (exact) mass is 528 g/mol. The molecule has 0 spiro atoms. The van der Waals surface area contributed by atoms with Crippen LogP contribution in [0.3, 0.4) is 0 Å². The van der Waals surface area contributed by atoms with Gasteiger partial charge in [0.25, 0.3) is 0 Å². The highest BCUT2D eigenvalue weighted by Gasteiger charge is 2.57. The van der Waals surface area contributed by atoms with Gasteiger partial charge in [-0.2, -0.15) is 26.3 Å². The number of benzene rings is 2. The largest absolute Gasteiger partial charge is 0.404 e. The molecule has 1 aliphatic heterocycles. The van der Waals surface area contributed by atoms with E-state index in [1.807, 2.05) is 6.92 Å². The zero-order valence-electron chi connectivity index (χ0n) is 20.3. The Hall–Kier alpha value is -2.55. The lowest BCUT2D eigenvalue weighted by molar-refractivity contribution is -0.253. The Morgan fingerprint density at radius 2 is 1.67 bits per heavy atom. The molecule has 0 amide bonds. The topological polar surface area (TPSA) is 15.3 Å². The van der Waals surface area contributed by atoms with Gasteiger partial charge in [-0.05, 0) is 59.6 Å². The SMILES string of the molecule is C=C(Nc1ccc(C(C(F)(F)F)C(F)(F)F)cc1)C1c2ccc(SCCCC)cc2CN1C(=C)CC. The lowest BCUT2D eigenvalue weighted by atomic mass is 9.97. The summed E-state index contributed by atoms with van der Waals surface area (Å²) >= 11 is 1.81. The molecule has 2 aromatic rings. The molecule has 1 aliphatic rings. The Bertz CT molecular complexity index is 1060. The van der Waals surface area contributed by atoms with Crippen LogP contribution in [-0.2, 0) is 6.54 Å². The summed E-state index contributed by atoms with van der Waals surface area (Å²) in [5.74, 6) is -2.49. The maximum Gasteiger partial charge on any atom is 0.404 e. The molecule has 0 saturated carbocycles. The van der Waals surface area contributed by atoms with Crippen LogP contribution in [0.25, 0.3) is 0 Å². The Labute approximate surface area is 212 Å². The van der Waals surface area contributed by atoms with E-state index in [1.165, 1.54) is 17.0 Å². The molecule has 0 saturated heterocycles. The fraction of sp³-hybridized carbons (Fsp3) is 0.407. The minimum atomic E-state index is -5.43. The van der Waals surface area contributed by atoms with Gasteiger partial charge in [0, 0.05) is 28.5 Å². The molecule has 196 valence electrons. The van der Waals surface area contributed by atoms with Crippen molar-refractivity contribution in [1.82, 2.24) is 4.90 Å². The van der Waals surface area contributed by atoms with Crippen LogP contribution in [0.1, 0.15) is 61.8 Å². The molecule has 0 aliphatic carbocycles. The van der Waals surface area contributed by atoms with E-state index in [4.69, 9.17) is 0 Å². The van der Waals surface area contributed by atoms with E-state index in [-0.39, 0.29) is 6.04 Å². The van der Waals surface area contributed by atoms with Gasteiger partial charge in [0.2, 0.25) is 0 Å². The van der Waals surface area contributed by atoms with Gasteiger partial charge in [0.05, 0.1) is 6.04 Å². The van der Waals surface area contributed by atoms with Gasteiger partial charge in [0.1, 0.15) is 0 Å². The minimum Gasteiger partial charge on any atom is -0.358 e. The average Bonchev–Trinajstić information content (AvgIpc) is 3.17. The van der Waals surface area contributed by atoms with Crippen LogP contribution in [0.5, 0.6) is 0 Å². The predicted molar refractivity (Wildman–Crippen MR) is 134 cm³/mol. The first-order valence-corrected chi connectivity index (χ1v) is 12.7. The second-order valence-corrected chi connectivity index (χ2v) is 9.97. The molecular formula is C27H30F6N2S. The van der Waals surface area contributed by atoms with Gasteiger partial charge >= 0.3 is 12.4 Å². The highest BCUT2D eigenvalue weighted by atomic mass is 32.2. The number of fused-ring (bicyclic) bond motifs is 1. The van der Waals surface area contributed by atoms with Crippen molar-refractivity contribution in [2.75, 3.05) is 11.1 Å². The number of rotatable bonds is 10. The normalized spacial score (nSPS) is 15.8. The Morgan fingerprint density at radius 3 is 2.22 bits per heavy atom. The summed E-state index contributed by atoms with van der Waals surface area (Å²) in [5.41, 5.74) is 3.17. The number of nitrogens with zero attached hydrogens (tertiary/aromatic N) is 1. The fourth-order valence-corrected chi connectivity index (χ4v) is 5.36. The summed E-state index contributed by atoms with van der Waals surface area (Å²) in [5, 5.41) is 3.09. The molecule has 1 atom stereocenters. The molecule has 0 bridgehead atoms. The van der Waals surface area contributed by atoms with Gasteiger partial charge in [-0.3, -0.25) is 0 Å². The van der Waals surface area contributed by atoms with Crippen LogP contribution in [0.4, 0.5) is 32.0 Å². The maximum atomic E-state index is 13.1. The predicted octanol–water partition coefficient (Wildman–Crippen LogP) is 9.19. The third-order valence-corrected chi connectivity index (χ3v) is 7.26. The van der Waals surface area contributed by atoms with E-state index >= 15 is 0 Å². The second kappa shape index (κ2) is 11.2. The lowest BCUT2D eigenvalue weighted by Gasteiger charge is -2.30. The van der Waals surface area contributed by atoms with Gasteiger partial charge in [-0.1, -0.05) is 51.6 Å². The molecule has 9 heteroatoms. The summed E-state index contributed by atoms with van der Waals surface area (Å²) in [6.45, 7) is 13.1. The first kappa shape index (κ1) is 28.0. The molecular weight excluding hydrogens is 498 g/mol. The van der Waals surface area contributed by atoms with E-state index in [2.05, 4.69) is 48.5 Å². The van der Waals surface area contributed by atoms with Crippen molar-refractivity contribution in [3.63, 3.8) is 0 Å². The Morgan fingerprint density at radius 1 is 1.03 bits per heavy atom. The van der Waals surface area contributed by atoms with E-state index in [0.29, 0.717) is 17.9 Å². The van der Waals surface area contributed by atoms with Crippen molar-refractivity contribution in [3.8, 4) is 0 Å². The van der Waals surface area contributed by atoms with Crippen LogP contribution in [0, 0.1) is 0 Å². The standard InChI is InChI=1S/C27H30F6N2S/c1-5-7-14-36-22-12-13-23-20(15-22)16-35(17(3)6-2)24(23)18(4)34-21-10-8-19(9-11-21)25(26(28,29)30)27(31,32)33/h8-13,15,24-25,34H,3-7,14,16H2,1-2H3. The summed E-state index contributed by atoms with van der Waals surface area (Å²) in [6, 6.07) is 10.2. The Kier molecular flexibility index (Phi) is 8.75. The molecule has 1 heterocycles. The summed E-state index contributed by atoms with van der Waals surface area (Å²) < 4.78 is 78.4. The highest BCUT2D eigenvalue weighted by molar-refractivity contribution is 7.99. The first-order valence-electron chi connectivity index (χ1n) is 11.8. The average molecular weight is 529 g/mol. The molecule has 1 N–H and O–H groups in total.